The first-order valence-electron chi connectivity index (χ1n) is 5.85. The van der Waals surface area contributed by atoms with E-state index in [-0.39, 0.29) is 11.9 Å². The first-order valence-corrected chi connectivity index (χ1v) is 5.85. The molecule has 1 atom stereocenters. The molecule has 0 saturated carbocycles. The largest absolute Gasteiger partial charge is 0.493 e. The molecule has 0 spiro atoms. The predicted molar refractivity (Wildman–Crippen MR) is 67.2 cm³/mol. The van der Waals surface area contributed by atoms with Gasteiger partial charge in [-0.3, -0.25) is 4.79 Å². The maximum absolute atomic E-state index is 11.2. The van der Waals surface area contributed by atoms with Crippen LogP contribution < -0.4 is 4.74 Å². The Bertz CT molecular complexity index is 371. The smallest absolute Gasteiger partial charge is 0.311 e. The quantitative estimate of drug-likeness (QED) is 0.737. The van der Waals surface area contributed by atoms with Crippen LogP contribution in [0.3, 0.4) is 0 Å². The Kier molecular flexibility index (Phi) is 5.01. The predicted octanol–water partition coefficient (Wildman–Crippen LogP) is 3.00. The van der Waals surface area contributed by atoms with E-state index in [1.165, 1.54) is 12.7 Å². The average Bonchev–Trinajstić information content (AvgIpc) is 2.35. The number of esters is 1. The third-order valence-corrected chi connectivity index (χ3v) is 2.63. The van der Waals surface area contributed by atoms with Gasteiger partial charge in [-0.05, 0) is 30.5 Å². The minimum Gasteiger partial charge on any atom is -0.493 e. The van der Waals surface area contributed by atoms with Gasteiger partial charge >= 0.3 is 5.97 Å². The van der Waals surface area contributed by atoms with Gasteiger partial charge in [0.05, 0.1) is 13.0 Å². The van der Waals surface area contributed by atoms with Gasteiger partial charge < -0.3 is 9.47 Å². The molecule has 0 bridgehead atoms. The highest BCUT2D eigenvalue weighted by atomic mass is 16.5. The summed E-state index contributed by atoms with van der Waals surface area (Å²) in [4.78, 5) is 11.2. The molecule has 0 aromatic heterocycles. The van der Waals surface area contributed by atoms with Crippen LogP contribution in [0.15, 0.2) is 24.3 Å². The third-order valence-electron chi connectivity index (χ3n) is 2.63. The van der Waals surface area contributed by atoms with Crippen LogP contribution >= 0.6 is 0 Å². The number of hydrogen-bond donors (Lipinski definition) is 0. The Labute approximate surface area is 103 Å². The summed E-state index contributed by atoms with van der Waals surface area (Å²) in [6.45, 7) is 6.40. The van der Waals surface area contributed by atoms with Crippen molar-refractivity contribution < 1.29 is 14.3 Å². The van der Waals surface area contributed by atoms with Crippen molar-refractivity contribution in [1.29, 1.82) is 0 Å². The Morgan fingerprint density at radius 1 is 1.29 bits per heavy atom. The van der Waals surface area contributed by atoms with Crippen LogP contribution in [-0.2, 0) is 9.53 Å². The van der Waals surface area contributed by atoms with Gasteiger partial charge in [-0.15, -0.1) is 0 Å². The molecule has 1 rings (SSSR count). The summed E-state index contributed by atoms with van der Waals surface area (Å²) < 4.78 is 10.2. The summed E-state index contributed by atoms with van der Waals surface area (Å²) in [7, 11) is 1.39. The number of methoxy groups -OCH3 is 1. The van der Waals surface area contributed by atoms with Crippen LogP contribution in [0, 0.1) is 5.92 Å². The summed E-state index contributed by atoms with van der Waals surface area (Å²) in [5.41, 5.74) is 1.23. The zero-order valence-electron chi connectivity index (χ0n) is 10.9. The van der Waals surface area contributed by atoms with E-state index in [1.807, 2.05) is 18.2 Å². The molecule has 3 heteroatoms. The summed E-state index contributed by atoms with van der Waals surface area (Å²) in [6, 6.07) is 7.94. The number of hydrogen-bond acceptors (Lipinski definition) is 3. The lowest BCUT2D eigenvalue weighted by Gasteiger charge is -2.12. The number of benzene rings is 1. The van der Waals surface area contributed by atoms with Gasteiger partial charge in [0.2, 0.25) is 0 Å². The lowest BCUT2D eigenvalue weighted by atomic mass is 10.0. The third kappa shape index (κ3) is 4.10. The van der Waals surface area contributed by atoms with Gasteiger partial charge in [-0.2, -0.15) is 0 Å². The standard InChI is InChI=1S/C14H20O3/c1-10(2)12-6-5-7-13(8-12)17-9-11(3)14(15)16-4/h5-8,10-11H,9H2,1-4H3. The number of ether oxygens (including phenoxy) is 2. The van der Waals surface area contributed by atoms with E-state index in [1.54, 1.807) is 6.92 Å². The highest BCUT2D eigenvalue weighted by Crippen LogP contribution is 2.20. The molecule has 0 fully saturated rings. The number of rotatable bonds is 5. The maximum atomic E-state index is 11.2. The molecule has 3 nitrogen and oxygen atoms in total. The lowest BCUT2D eigenvalue weighted by molar-refractivity contribution is -0.145. The first kappa shape index (κ1) is 13.6. The van der Waals surface area contributed by atoms with Gasteiger partial charge in [-0.1, -0.05) is 26.0 Å². The first-order chi connectivity index (χ1) is 8.04. The highest BCUT2D eigenvalue weighted by Gasteiger charge is 2.13. The van der Waals surface area contributed by atoms with E-state index in [2.05, 4.69) is 24.7 Å². The zero-order valence-corrected chi connectivity index (χ0v) is 10.9. The summed E-state index contributed by atoms with van der Waals surface area (Å²) in [5, 5.41) is 0. The fraction of sp³-hybridized carbons (Fsp3) is 0.500. The van der Waals surface area contributed by atoms with E-state index < -0.39 is 0 Å². The molecule has 1 aromatic rings. The molecule has 94 valence electrons. The molecule has 0 amide bonds. The van der Waals surface area contributed by atoms with Gasteiger partial charge in [0.15, 0.2) is 0 Å². The Hall–Kier alpha value is -1.51. The molecule has 1 unspecified atom stereocenters. The van der Waals surface area contributed by atoms with Crippen molar-refractivity contribution in [2.24, 2.45) is 5.92 Å². The zero-order chi connectivity index (χ0) is 12.8. The van der Waals surface area contributed by atoms with Gasteiger partial charge in [-0.25, -0.2) is 0 Å². The summed E-state index contributed by atoms with van der Waals surface area (Å²) >= 11 is 0. The van der Waals surface area contributed by atoms with Crippen LogP contribution in [0.5, 0.6) is 5.75 Å². The fourth-order valence-electron chi connectivity index (χ4n) is 1.45. The second kappa shape index (κ2) is 6.28. The molecule has 1 aromatic carbocycles. The van der Waals surface area contributed by atoms with Gasteiger partial charge in [0, 0.05) is 0 Å². The lowest BCUT2D eigenvalue weighted by Crippen LogP contribution is -2.20. The molecule has 0 aliphatic rings. The summed E-state index contributed by atoms with van der Waals surface area (Å²) in [5.74, 6) is 0.774. The second-order valence-electron chi connectivity index (χ2n) is 4.46. The van der Waals surface area contributed by atoms with Crippen LogP contribution in [0.1, 0.15) is 32.3 Å². The van der Waals surface area contributed by atoms with Crippen molar-refractivity contribution in [1.82, 2.24) is 0 Å². The van der Waals surface area contributed by atoms with Crippen molar-refractivity contribution in [3.05, 3.63) is 29.8 Å². The van der Waals surface area contributed by atoms with E-state index in [0.29, 0.717) is 12.5 Å². The highest BCUT2D eigenvalue weighted by molar-refractivity contribution is 5.71. The van der Waals surface area contributed by atoms with Crippen LogP contribution in [0.4, 0.5) is 0 Å². The van der Waals surface area contributed by atoms with Gasteiger partial charge in [0.1, 0.15) is 12.4 Å². The minimum absolute atomic E-state index is 0.245. The average molecular weight is 236 g/mol. The van der Waals surface area contributed by atoms with Gasteiger partial charge in [0.25, 0.3) is 0 Å². The van der Waals surface area contributed by atoms with E-state index >= 15 is 0 Å². The van der Waals surface area contributed by atoms with Crippen molar-refractivity contribution >= 4 is 5.97 Å². The van der Waals surface area contributed by atoms with Crippen molar-refractivity contribution in [3.63, 3.8) is 0 Å². The Balaban J connectivity index is 2.57. The Morgan fingerprint density at radius 2 is 2.00 bits per heavy atom. The molecular formula is C14H20O3. The molecule has 0 aliphatic carbocycles. The van der Waals surface area contributed by atoms with E-state index in [9.17, 15) is 4.79 Å². The number of carbonyl (C=O) groups is 1. The van der Waals surface area contributed by atoms with E-state index in [0.717, 1.165) is 5.75 Å². The molecule has 0 radical (unpaired) electrons. The normalized spacial score (nSPS) is 12.3. The molecule has 0 saturated heterocycles. The topological polar surface area (TPSA) is 35.5 Å². The monoisotopic (exact) mass is 236 g/mol. The summed E-state index contributed by atoms with van der Waals surface area (Å²) in [6.07, 6.45) is 0. The molecule has 0 aliphatic heterocycles. The molecule has 0 N–H and O–H groups in total. The molecule has 0 heterocycles. The van der Waals surface area contributed by atoms with Crippen LogP contribution in [0.2, 0.25) is 0 Å². The van der Waals surface area contributed by atoms with Crippen LogP contribution in [0.25, 0.3) is 0 Å². The fourth-order valence-corrected chi connectivity index (χ4v) is 1.45. The number of carbonyl (C=O) groups excluding carboxylic acids is 1. The Morgan fingerprint density at radius 3 is 2.59 bits per heavy atom. The maximum Gasteiger partial charge on any atom is 0.311 e. The van der Waals surface area contributed by atoms with E-state index in [4.69, 9.17) is 4.74 Å². The minimum atomic E-state index is -0.247. The van der Waals surface area contributed by atoms with Crippen molar-refractivity contribution in [2.75, 3.05) is 13.7 Å². The molecule has 17 heavy (non-hydrogen) atoms. The van der Waals surface area contributed by atoms with Crippen LogP contribution in [-0.4, -0.2) is 19.7 Å². The SMILES string of the molecule is COC(=O)C(C)COc1cccc(C(C)C)c1. The van der Waals surface area contributed by atoms with Crippen molar-refractivity contribution in [2.45, 2.75) is 26.7 Å². The second-order valence-corrected chi connectivity index (χ2v) is 4.46. The molecular weight excluding hydrogens is 216 g/mol. The van der Waals surface area contributed by atoms with Crippen molar-refractivity contribution in [3.8, 4) is 5.75 Å².